The van der Waals surface area contributed by atoms with E-state index in [0.29, 0.717) is 31.3 Å². The minimum Gasteiger partial charge on any atom is -0.497 e. The van der Waals surface area contributed by atoms with Gasteiger partial charge in [-0.05, 0) is 44.0 Å². The molecule has 3 heterocycles. The first-order valence-corrected chi connectivity index (χ1v) is 9.58. The Balaban J connectivity index is 1.42. The fourth-order valence-electron chi connectivity index (χ4n) is 4.00. The Bertz CT molecular complexity index is 863. The number of anilines is 1. The lowest BCUT2D eigenvalue weighted by Crippen LogP contribution is -2.43. The van der Waals surface area contributed by atoms with Crippen LogP contribution in [-0.2, 0) is 9.59 Å². The van der Waals surface area contributed by atoms with Gasteiger partial charge >= 0.3 is 0 Å². The van der Waals surface area contributed by atoms with Crippen molar-refractivity contribution in [2.45, 2.75) is 32.1 Å². The van der Waals surface area contributed by atoms with Crippen molar-refractivity contribution in [3.8, 4) is 5.75 Å². The van der Waals surface area contributed by atoms with Crippen LogP contribution >= 0.6 is 0 Å². The maximum Gasteiger partial charge on any atom is 0.231 e. The molecule has 2 atom stereocenters. The number of piperidine rings is 1. The van der Waals surface area contributed by atoms with Crippen LogP contribution < -0.4 is 9.64 Å². The van der Waals surface area contributed by atoms with E-state index < -0.39 is 0 Å². The first-order valence-electron chi connectivity index (χ1n) is 9.58. The predicted molar refractivity (Wildman–Crippen MR) is 101 cm³/mol. The van der Waals surface area contributed by atoms with Crippen LogP contribution in [0.5, 0.6) is 5.75 Å². The number of carbonyl (C=O) groups is 2. The maximum atomic E-state index is 13.1. The average Bonchev–Trinajstić information content (AvgIpc) is 3.33. The topological polar surface area (TPSA) is 88.8 Å². The summed E-state index contributed by atoms with van der Waals surface area (Å²) >= 11 is 0. The molecule has 1 aromatic carbocycles. The largest absolute Gasteiger partial charge is 0.497 e. The molecule has 148 valence electrons. The smallest absolute Gasteiger partial charge is 0.231 e. The zero-order chi connectivity index (χ0) is 19.7. The highest BCUT2D eigenvalue weighted by atomic mass is 16.5. The maximum absolute atomic E-state index is 13.1. The number of methoxy groups -OCH3 is 1. The first kappa shape index (κ1) is 18.5. The average molecular weight is 384 g/mol. The molecule has 4 rings (SSSR count). The molecule has 28 heavy (non-hydrogen) atoms. The summed E-state index contributed by atoms with van der Waals surface area (Å²) in [6.07, 6.45) is 2.05. The van der Waals surface area contributed by atoms with E-state index in [4.69, 9.17) is 9.26 Å². The van der Waals surface area contributed by atoms with Gasteiger partial charge in [0.2, 0.25) is 17.7 Å². The van der Waals surface area contributed by atoms with Crippen LogP contribution in [0.25, 0.3) is 0 Å². The van der Waals surface area contributed by atoms with Crippen molar-refractivity contribution >= 4 is 17.5 Å². The number of aryl methyl sites for hydroxylation is 1. The molecule has 0 aliphatic carbocycles. The molecule has 2 aliphatic heterocycles. The lowest BCUT2D eigenvalue weighted by molar-refractivity contribution is -0.137. The molecule has 2 amide bonds. The number of carbonyl (C=O) groups excluding carboxylic acids is 2. The van der Waals surface area contributed by atoms with E-state index in [9.17, 15) is 9.59 Å². The minimum atomic E-state index is -0.322. The van der Waals surface area contributed by atoms with E-state index in [0.717, 1.165) is 24.3 Å². The van der Waals surface area contributed by atoms with Crippen LogP contribution in [0, 0.1) is 12.8 Å². The number of likely N-dealkylation sites (tertiary alicyclic amines) is 1. The quantitative estimate of drug-likeness (QED) is 0.802. The lowest BCUT2D eigenvalue weighted by atomic mass is 9.96. The van der Waals surface area contributed by atoms with E-state index in [2.05, 4.69) is 10.1 Å². The van der Waals surface area contributed by atoms with Crippen molar-refractivity contribution in [2.75, 3.05) is 31.6 Å². The lowest BCUT2D eigenvalue weighted by Gasteiger charge is -2.32. The molecule has 0 spiro atoms. The second-order valence-corrected chi connectivity index (χ2v) is 7.41. The fourth-order valence-corrected chi connectivity index (χ4v) is 4.00. The number of benzene rings is 1. The molecule has 2 aromatic rings. The molecule has 2 fully saturated rings. The van der Waals surface area contributed by atoms with Crippen molar-refractivity contribution in [1.29, 1.82) is 0 Å². The van der Waals surface area contributed by atoms with Gasteiger partial charge in [-0.3, -0.25) is 9.59 Å². The molecule has 0 bridgehead atoms. The molecule has 2 saturated heterocycles. The number of nitrogens with zero attached hydrogens (tertiary/aromatic N) is 4. The van der Waals surface area contributed by atoms with Crippen molar-refractivity contribution in [1.82, 2.24) is 15.0 Å². The normalized spacial score (nSPS) is 22.6. The van der Waals surface area contributed by atoms with Crippen molar-refractivity contribution in [2.24, 2.45) is 5.92 Å². The Morgan fingerprint density at radius 1 is 1.25 bits per heavy atom. The monoisotopic (exact) mass is 384 g/mol. The van der Waals surface area contributed by atoms with Gasteiger partial charge in [-0.1, -0.05) is 5.16 Å². The summed E-state index contributed by atoms with van der Waals surface area (Å²) < 4.78 is 10.5. The molecule has 8 heteroatoms. The molecule has 1 aromatic heterocycles. The first-order chi connectivity index (χ1) is 13.5. The summed E-state index contributed by atoms with van der Waals surface area (Å²) in [5.74, 6) is 1.69. The third kappa shape index (κ3) is 3.58. The minimum absolute atomic E-state index is 0.0235. The van der Waals surface area contributed by atoms with Crippen LogP contribution in [0.15, 0.2) is 28.8 Å². The number of hydrogen-bond donors (Lipinski definition) is 0. The summed E-state index contributed by atoms with van der Waals surface area (Å²) in [7, 11) is 1.60. The van der Waals surface area contributed by atoms with E-state index in [1.807, 2.05) is 29.2 Å². The van der Waals surface area contributed by atoms with Gasteiger partial charge in [-0.2, -0.15) is 4.98 Å². The fraction of sp³-hybridized carbons (Fsp3) is 0.500. The summed E-state index contributed by atoms with van der Waals surface area (Å²) in [6, 6.07) is 7.33. The molecular formula is C20H24N4O4. The number of aromatic nitrogens is 2. The third-order valence-electron chi connectivity index (χ3n) is 5.48. The Morgan fingerprint density at radius 3 is 2.71 bits per heavy atom. The Labute approximate surface area is 163 Å². The van der Waals surface area contributed by atoms with E-state index in [-0.39, 0.29) is 30.1 Å². The summed E-state index contributed by atoms with van der Waals surface area (Å²) in [4.78, 5) is 33.4. The van der Waals surface area contributed by atoms with Crippen LogP contribution in [0.4, 0.5) is 5.69 Å². The number of ether oxygens (including phenoxy) is 1. The van der Waals surface area contributed by atoms with Gasteiger partial charge in [-0.25, -0.2) is 0 Å². The van der Waals surface area contributed by atoms with Crippen LogP contribution in [-0.4, -0.2) is 53.6 Å². The second-order valence-electron chi connectivity index (χ2n) is 7.41. The van der Waals surface area contributed by atoms with Gasteiger partial charge in [0.25, 0.3) is 0 Å². The van der Waals surface area contributed by atoms with Gasteiger partial charge in [0.1, 0.15) is 5.75 Å². The number of hydrogen-bond acceptors (Lipinski definition) is 6. The molecule has 2 unspecified atom stereocenters. The predicted octanol–water partition coefficient (Wildman–Crippen LogP) is 2.15. The highest BCUT2D eigenvalue weighted by molar-refractivity contribution is 6.00. The molecule has 8 nitrogen and oxygen atoms in total. The summed E-state index contributed by atoms with van der Waals surface area (Å²) in [6.45, 7) is 3.46. The second kappa shape index (κ2) is 7.61. The van der Waals surface area contributed by atoms with Gasteiger partial charge < -0.3 is 19.1 Å². The van der Waals surface area contributed by atoms with Crippen molar-refractivity contribution in [3.05, 3.63) is 36.0 Å². The molecule has 2 aliphatic rings. The van der Waals surface area contributed by atoms with Gasteiger partial charge in [0, 0.05) is 31.7 Å². The van der Waals surface area contributed by atoms with Crippen LogP contribution in [0.3, 0.4) is 0 Å². The zero-order valence-corrected chi connectivity index (χ0v) is 16.1. The Hall–Kier alpha value is -2.90. The van der Waals surface area contributed by atoms with Crippen LogP contribution in [0.1, 0.15) is 36.9 Å². The van der Waals surface area contributed by atoms with Crippen LogP contribution in [0.2, 0.25) is 0 Å². The Morgan fingerprint density at radius 2 is 2.04 bits per heavy atom. The molecule has 0 radical (unpaired) electrons. The molecule has 0 N–H and O–H groups in total. The van der Waals surface area contributed by atoms with Gasteiger partial charge in [0.05, 0.1) is 18.9 Å². The van der Waals surface area contributed by atoms with Gasteiger partial charge in [0.15, 0.2) is 5.82 Å². The molecule has 0 saturated carbocycles. The van der Waals surface area contributed by atoms with Crippen molar-refractivity contribution < 1.29 is 18.8 Å². The molecular weight excluding hydrogens is 360 g/mol. The SMILES string of the molecule is COc1ccc(N2CC(C(=O)N3CCCC(c4nc(C)no4)C3)CC2=O)cc1. The summed E-state index contributed by atoms with van der Waals surface area (Å²) in [5.41, 5.74) is 0.791. The highest BCUT2D eigenvalue weighted by Gasteiger charge is 2.39. The van der Waals surface area contributed by atoms with E-state index >= 15 is 0 Å². The van der Waals surface area contributed by atoms with E-state index in [1.54, 1.807) is 18.9 Å². The van der Waals surface area contributed by atoms with Crippen molar-refractivity contribution in [3.63, 3.8) is 0 Å². The third-order valence-corrected chi connectivity index (χ3v) is 5.48. The number of rotatable bonds is 4. The number of amides is 2. The Kier molecular flexibility index (Phi) is 5.02. The highest BCUT2D eigenvalue weighted by Crippen LogP contribution is 2.31. The zero-order valence-electron chi connectivity index (χ0n) is 16.1. The van der Waals surface area contributed by atoms with E-state index in [1.165, 1.54) is 0 Å². The standard InChI is InChI=1S/C20H24N4O4/c1-13-21-19(28-22-13)14-4-3-9-23(11-14)20(26)15-10-18(25)24(12-15)16-5-7-17(27-2)8-6-16/h5-8,14-15H,3-4,9-12H2,1-2H3. The summed E-state index contributed by atoms with van der Waals surface area (Å²) in [5, 5.41) is 3.86. The van der Waals surface area contributed by atoms with Gasteiger partial charge in [-0.15, -0.1) is 0 Å².